The summed E-state index contributed by atoms with van der Waals surface area (Å²) >= 11 is 0. The first-order valence-electron chi connectivity index (χ1n) is 16.9. The average Bonchev–Trinajstić information content (AvgIpc) is 2.88. The van der Waals surface area contributed by atoms with Crippen LogP contribution in [0.3, 0.4) is 0 Å². The Hall–Kier alpha value is -2.31. The highest BCUT2D eigenvalue weighted by Gasteiger charge is 2.33. The molecule has 242 valence electrons. The molecule has 4 heteroatoms. The Bertz CT molecular complexity index is 1280. The third kappa shape index (κ3) is 8.48. The standard InChI is InChI=1S/C40H64N2Si2/c1-29(2)33-19-17-21-35(39(5,6)7)37(33)41(43(11,12)13)27-31-23-25-32(26-24-31)28-42(44(14,15)16)38-34(30(3)4)20-18-22-36(38)40(8,9)10/h17-26,29-30H,27-28H2,1-16H3. The molecule has 0 aliphatic rings. The Balaban J connectivity index is 2.06. The summed E-state index contributed by atoms with van der Waals surface area (Å²) in [7, 11) is -3.43. The van der Waals surface area contributed by atoms with Gasteiger partial charge in [-0.05, 0) is 56.0 Å². The van der Waals surface area contributed by atoms with Gasteiger partial charge in [0.25, 0.3) is 0 Å². The number of hydrogen-bond donors (Lipinski definition) is 0. The molecule has 0 amide bonds. The van der Waals surface area contributed by atoms with E-state index in [9.17, 15) is 0 Å². The van der Waals surface area contributed by atoms with Gasteiger partial charge >= 0.3 is 0 Å². The minimum Gasteiger partial charge on any atom is -0.394 e. The van der Waals surface area contributed by atoms with Gasteiger partial charge in [0.15, 0.2) is 0 Å². The van der Waals surface area contributed by atoms with E-state index in [1.54, 1.807) is 0 Å². The van der Waals surface area contributed by atoms with Crippen molar-refractivity contribution in [1.29, 1.82) is 0 Å². The quantitative estimate of drug-likeness (QED) is 0.206. The summed E-state index contributed by atoms with van der Waals surface area (Å²) in [5.74, 6) is 0.959. The maximum Gasteiger partial charge on any atom is 0.147 e. The van der Waals surface area contributed by atoms with Crippen LogP contribution in [0, 0.1) is 0 Å². The fourth-order valence-electron chi connectivity index (χ4n) is 6.29. The molecule has 3 rings (SSSR count). The first-order valence-corrected chi connectivity index (χ1v) is 23.8. The maximum absolute atomic E-state index is 2.79. The number of nitrogens with zero attached hydrogens (tertiary/aromatic N) is 2. The molecule has 0 saturated heterocycles. The van der Waals surface area contributed by atoms with Crippen LogP contribution in [0.25, 0.3) is 0 Å². The second-order valence-corrected chi connectivity index (χ2v) is 27.4. The molecule has 0 saturated carbocycles. The molecule has 0 aromatic heterocycles. The summed E-state index contributed by atoms with van der Waals surface area (Å²) in [5.41, 5.74) is 11.8. The van der Waals surface area contributed by atoms with Crippen molar-refractivity contribution in [2.24, 2.45) is 0 Å². The van der Waals surface area contributed by atoms with E-state index in [0.717, 1.165) is 13.1 Å². The van der Waals surface area contributed by atoms with Crippen LogP contribution < -0.4 is 9.13 Å². The van der Waals surface area contributed by atoms with Crippen molar-refractivity contribution in [3.63, 3.8) is 0 Å². The molecule has 0 heterocycles. The van der Waals surface area contributed by atoms with Crippen molar-refractivity contribution >= 4 is 27.8 Å². The topological polar surface area (TPSA) is 6.48 Å². The van der Waals surface area contributed by atoms with Gasteiger partial charge in [-0.3, -0.25) is 0 Å². The number of para-hydroxylation sites is 2. The molecule has 0 N–H and O–H groups in total. The molecule has 0 bridgehead atoms. The monoisotopic (exact) mass is 628 g/mol. The SMILES string of the molecule is CC(C)c1cccc(C(C)(C)C)c1N(Cc1ccc(CN(c2c(C(C)C)cccc2C(C)(C)C)[Si](C)(C)C)cc1)[Si](C)(C)C. The number of rotatable bonds is 10. The molecule has 44 heavy (non-hydrogen) atoms. The third-order valence-corrected chi connectivity index (χ3v) is 12.9. The highest BCUT2D eigenvalue weighted by Crippen LogP contribution is 2.42. The van der Waals surface area contributed by atoms with Crippen LogP contribution in [-0.4, -0.2) is 16.5 Å². The second-order valence-electron chi connectivity index (χ2n) is 17.6. The van der Waals surface area contributed by atoms with Crippen LogP contribution in [0.5, 0.6) is 0 Å². The van der Waals surface area contributed by atoms with E-state index in [2.05, 4.69) is 178 Å². The predicted octanol–water partition coefficient (Wildman–Crippen LogP) is 12.2. The Kier molecular flexibility index (Phi) is 10.8. The van der Waals surface area contributed by atoms with E-state index >= 15 is 0 Å². The molecule has 0 aliphatic heterocycles. The van der Waals surface area contributed by atoms with Gasteiger partial charge in [-0.25, -0.2) is 0 Å². The fraction of sp³-hybridized carbons (Fsp3) is 0.550. The second kappa shape index (κ2) is 13.2. The van der Waals surface area contributed by atoms with Gasteiger partial charge in [0.05, 0.1) is 0 Å². The molecule has 0 aliphatic carbocycles. The number of benzene rings is 3. The van der Waals surface area contributed by atoms with E-state index in [1.165, 1.54) is 44.8 Å². The van der Waals surface area contributed by atoms with E-state index in [4.69, 9.17) is 0 Å². The molecule has 0 unspecified atom stereocenters. The molecule has 0 fully saturated rings. The van der Waals surface area contributed by atoms with E-state index in [1.807, 2.05) is 0 Å². The molecule has 0 atom stereocenters. The summed E-state index contributed by atoms with van der Waals surface area (Å²) < 4.78 is 5.58. The lowest BCUT2D eigenvalue weighted by molar-refractivity contribution is 0.587. The molecule has 3 aromatic carbocycles. The van der Waals surface area contributed by atoms with Crippen molar-refractivity contribution in [3.8, 4) is 0 Å². The lowest BCUT2D eigenvalue weighted by atomic mass is 9.82. The van der Waals surface area contributed by atoms with E-state index in [-0.39, 0.29) is 10.8 Å². The largest absolute Gasteiger partial charge is 0.394 e. The molecule has 3 aromatic rings. The van der Waals surface area contributed by atoms with Crippen LogP contribution in [-0.2, 0) is 23.9 Å². The molecular weight excluding hydrogens is 565 g/mol. The highest BCUT2D eigenvalue weighted by atomic mass is 28.3. The fourth-order valence-corrected chi connectivity index (χ4v) is 9.44. The van der Waals surface area contributed by atoms with Gasteiger partial charge in [0.2, 0.25) is 0 Å². The molecule has 0 radical (unpaired) electrons. The summed E-state index contributed by atoms with van der Waals surface area (Å²) in [6.07, 6.45) is 0. The van der Waals surface area contributed by atoms with Gasteiger partial charge in [-0.2, -0.15) is 0 Å². The normalized spacial score (nSPS) is 13.1. The Labute approximate surface area is 274 Å². The zero-order valence-corrected chi connectivity index (χ0v) is 33.2. The zero-order valence-electron chi connectivity index (χ0n) is 31.2. The van der Waals surface area contributed by atoms with Crippen LogP contribution in [0.2, 0.25) is 39.3 Å². The molecule has 0 spiro atoms. The van der Waals surface area contributed by atoms with Gasteiger partial charge < -0.3 is 9.13 Å². The van der Waals surface area contributed by atoms with Crippen LogP contribution in [0.15, 0.2) is 60.7 Å². The minimum absolute atomic E-state index is 0.0838. The predicted molar refractivity (Wildman–Crippen MR) is 204 cm³/mol. The van der Waals surface area contributed by atoms with Crippen molar-refractivity contribution in [1.82, 2.24) is 0 Å². The van der Waals surface area contributed by atoms with E-state index < -0.39 is 16.5 Å². The first kappa shape index (κ1) is 36.2. The Morgan fingerprint density at radius 3 is 1.02 bits per heavy atom. The third-order valence-electron chi connectivity index (χ3n) is 8.86. The summed E-state index contributed by atoms with van der Waals surface area (Å²) in [4.78, 5) is 0. The smallest absolute Gasteiger partial charge is 0.147 e. The van der Waals surface area contributed by atoms with Gasteiger partial charge in [-0.15, -0.1) is 0 Å². The lowest BCUT2D eigenvalue weighted by Gasteiger charge is -2.42. The van der Waals surface area contributed by atoms with Gasteiger partial charge in [0, 0.05) is 24.5 Å². The van der Waals surface area contributed by atoms with Gasteiger partial charge in [0.1, 0.15) is 16.5 Å². The minimum atomic E-state index is -1.72. The van der Waals surface area contributed by atoms with Gasteiger partial charge in [-0.1, -0.05) is 169 Å². The molecule has 2 nitrogen and oxygen atoms in total. The molecular formula is C40H64N2Si2. The zero-order chi connectivity index (χ0) is 33.4. The summed E-state index contributed by atoms with van der Waals surface area (Å²) in [6, 6.07) is 23.6. The van der Waals surface area contributed by atoms with Crippen LogP contribution in [0.4, 0.5) is 11.4 Å². The number of hydrogen-bond acceptors (Lipinski definition) is 2. The van der Waals surface area contributed by atoms with Crippen molar-refractivity contribution < 1.29 is 0 Å². The Morgan fingerprint density at radius 1 is 0.500 bits per heavy atom. The highest BCUT2D eigenvalue weighted by molar-refractivity contribution is 6.80. The lowest BCUT2D eigenvalue weighted by Crippen LogP contribution is -2.47. The number of anilines is 2. The van der Waals surface area contributed by atoms with Crippen LogP contribution in [0.1, 0.15) is 114 Å². The summed E-state index contributed by atoms with van der Waals surface area (Å²) in [5, 5.41) is 0. The van der Waals surface area contributed by atoms with Crippen molar-refractivity contribution in [2.45, 2.75) is 144 Å². The van der Waals surface area contributed by atoms with Crippen molar-refractivity contribution in [2.75, 3.05) is 9.13 Å². The van der Waals surface area contributed by atoms with E-state index in [0.29, 0.717) is 11.8 Å². The first-order chi connectivity index (χ1) is 20.0. The Morgan fingerprint density at radius 2 is 0.795 bits per heavy atom. The maximum atomic E-state index is 2.79. The van der Waals surface area contributed by atoms with Crippen LogP contribution >= 0.6 is 0 Å². The van der Waals surface area contributed by atoms with Crippen molar-refractivity contribution in [3.05, 3.63) is 94.0 Å². The average molecular weight is 629 g/mol. The summed E-state index contributed by atoms with van der Waals surface area (Å²) in [6.45, 7) is 40.4.